The van der Waals surface area contributed by atoms with Crippen LogP contribution >= 0.6 is 24.0 Å². The predicted octanol–water partition coefficient (Wildman–Crippen LogP) is 4.45. The fourth-order valence-electron chi connectivity index (χ4n) is 3.44. The van der Waals surface area contributed by atoms with Gasteiger partial charge in [0.1, 0.15) is 4.32 Å². The number of carbonyl (C=O) groups is 2. The van der Waals surface area contributed by atoms with Gasteiger partial charge in [0.05, 0.1) is 18.4 Å². The van der Waals surface area contributed by atoms with E-state index in [1.165, 1.54) is 29.3 Å². The first-order valence-corrected chi connectivity index (χ1v) is 10.7. The van der Waals surface area contributed by atoms with Crippen LogP contribution in [0, 0.1) is 0 Å². The van der Waals surface area contributed by atoms with Crippen LogP contribution in [0.3, 0.4) is 0 Å². The number of methoxy groups -OCH3 is 1. The Morgan fingerprint density at radius 3 is 2.63 bits per heavy atom. The second-order valence-electron chi connectivity index (χ2n) is 6.87. The van der Waals surface area contributed by atoms with Gasteiger partial charge >= 0.3 is 5.97 Å². The fourth-order valence-corrected chi connectivity index (χ4v) is 4.74. The number of amides is 1. The molecule has 2 aromatic carbocycles. The highest BCUT2D eigenvalue weighted by Crippen LogP contribution is 2.34. The highest BCUT2D eigenvalue weighted by atomic mass is 32.2. The molecule has 1 aromatic heterocycles. The number of fused-ring (bicyclic) bond motifs is 1. The highest BCUT2D eigenvalue weighted by Gasteiger charge is 2.32. The zero-order chi connectivity index (χ0) is 21.1. The zero-order valence-corrected chi connectivity index (χ0v) is 18.0. The van der Waals surface area contributed by atoms with Crippen LogP contribution in [0.15, 0.2) is 65.7 Å². The molecule has 0 N–H and O–H groups in total. The molecule has 0 radical (unpaired) electrons. The number of esters is 1. The zero-order valence-electron chi connectivity index (χ0n) is 16.4. The summed E-state index contributed by atoms with van der Waals surface area (Å²) in [7, 11) is 1.33. The molecule has 0 bridgehead atoms. The molecule has 4 rings (SSSR count). The minimum Gasteiger partial charge on any atom is -0.469 e. The molecule has 3 aromatic rings. The maximum absolute atomic E-state index is 12.8. The first-order valence-electron chi connectivity index (χ1n) is 9.51. The van der Waals surface area contributed by atoms with Crippen molar-refractivity contribution < 1.29 is 14.3 Å². The second-order valence-corrected chi connectivity index (χ2v) is 8.55. The minimum atomic E-state index is -0.364. The van der Waals surface area contributed by atoms with Crippen molar-refractivity contribution in [1.82, 2.24) is 9.47 Å². The molecule has 0 saturated carbocycles. The average Bonchev–Trinajstić information content (AvgIpc) is 3.24. The van der Waals surface area contributed by atoms with Crippen LogP contribution in [0.1, 0.15) is 17.5 Å². The number of hydrogen-bond acceptors (Lipinski definition) is 5. The molecule has 1 amide bonds. The van der Waals surface area contributed by atoms with Gasteiger partial charge in [-0.05, 0) is 17.7 Å². The van der Waals surface area contributed by atoms with Gasteiger partial charge in [0, 0.05) is 35.8 Å². The third-order valence-electron chi connectivity index (χ3n) is 4.94. The van der Waals surface area contributed by atoms with Crippen LogP contribution in [0.25, 0.3) is 17.0 Å². The molecule has 7 heteroatoms. The van der Waals surface area contributed by atoms with Crippen LogP contribution in [0.2, 0.25) is 0 Å². The van der Waals surface area contributed by atoms with Crippen molar-refractivity contribution in [3.8, 4) is 0 Å². The van der Waals surface area contributed by atoms with E-state index < -0.39 is 0 Å². The van der Waals surface area contributed by atoms with Crippen molar-refractivity contribution in [2.24, 2.45) is 0 Å². The number of benzene rings is 2. The van der Waals surface area contributed by atoms with E-state index in [0.717, 1.165) is 23.0 Å². The van der Waals surface area contributed by atoms with Crippen LogP contribution in [-0.2, 0) is 20.9 Å². The lowest BCUT2D eigenvalue weighted by atomic mass is 10.1. The van der Waals surface area contributed by atoms with Crippen LogP contribution in [0.4, 0.5) is 0 Å². The summed E-state index contributed by atoms with van der Waals surface area (Å²) < 4.78 is 7.31. The van der Waals surface area contributed by atoms with Crippen molar-refractivity contribution in [3.63, 3.8) is 0 Å². The molecule has 1 saturated heterocycles. The summed E-state index contributed by atoms with van der Waals surface area (Å²) in [6.45, 7) is 0.972. The van der Waals surface area contributed by atoms with Crippen molar-refractivity contribution in [2.45, 2.75) is 13.0 Å². The van der Waals surface area contributed by atoms with Gasteiger partial charge in [0.25, 0.3) is 5.91 Å². The Labute approximate surface area is 184 Å². The smallest absolute Gasteiger partial charge is 0.307 e. The quantitative estimate of drug-likeness (QED) is 0.325. The van der Waals surface area contributed by atoms with E-state index >= 15 is 0 Å². The number of aromatic nitrogens is 1. The van der Waals surface area contributed by atoms with E-state index in [0.29, 0.717) is 9.23 Å². The van der Waals surface area contributed by atoms with Gasteiger partial charge in [-0.2, -0.15) is 0 Å². The van der Waals surface area contributed by atoms with Gasteiger partial charge in [-0.15, -0.1) is 0 Å². The molecule has 0 aliphatic carbocycles. The third kappa shape index (κ3) is 4.17. The standard InChI is InChI=1S/C23H20N2O3S2/c1-28-21(26)11-12-25-22(27)20(30-23(25)29)13-17-15-24(14-16-7-3-2-4-8-16)19-10-6-5-9-18(17)19/h2-10,13,15H,11-12,14H2,1H3/b20-13-. The van der Waals surface area contributed by atoms with E-state index in [4.69, 9.17) is 12.2 Å². The Hall–Kier alpha value is -2.90. The van der Waals surface area contributed by atoms with Crippen molar-refractivity contribution >= 4 is 57.2 Å². The second kappa shape index (κ2) is 8.85. The number of nitrogens with zero attached hydrogens (tertiary/aromatic N) is 2. The molecule has 152 valence electrons. The summed E-state index contributed by atoms with van der Waals surface area (Å²) in [6.07, 6.45) is 4.08. The highest BCUT2D eigenvalue weighted by molar-refractivity contribution is 8.26. The Bertz CT molecular complexity index is 1150. The lowest BCUT2D eigenvalue weighted by Crippen LogP contribution is -2.30. The SMILES string of the molecule is COC(=O)CCN1C(=O)/C(=C/c2cn(Cc3ccccc3)c3ccccc23)SC1=S. The average molecular weight is 437 g/mol. The Balaban J connectivity index is 1.63. The first-order chi connectivity index (χ1) is 14.6. The molecule has 0 atom stereocenters. The Kier molecular flexibility index (Phi) is 6.01. The summed E-state index contributed by atoms with van der Waals surface area (Å²) in [5, 5.41) is 1.08. The van der Waals surface area contributed by atoms with E-state index in [1.54, 1.807) is 0 Å². The number of hydrogen-bond donors (Lipinski definition) is 0. The van der Waals surface area contributed by atoms with E-state index in [9.17, 15) is 9.59 Å². The number of carbonyl (C=O) groups excluding carboxylic acids is 2. The van der Waals surface area contributed by atoms with Gasteiger partial charge in [0.2, 0.25) is 0 Å². The summed E-state index contributed by atoms with van der Waals surface area (Å²) in [5.74, 6) is -0.536. The Morgan fingerprint density at radius 1 is 1.13 bits per heavy atom. The molecular weight excluding hydrogens is 416 g/mol. The minimum absolute atomic E-state index is 0.118. The van der Waals surface area contributed by atoms with Crippen molar-refractivity contribution in [3.05, 3.63) is 76.8 Å². The number of rotatable bonds is 6. The van der Waals surface area contributed by atoms with Crippen LogP contribution < -0.4 is 0 Å². The molecule has 1 aliphatic rings. The molecule has 30 heavy (non-hydrogen) atoms. The number of para-hydroxylation sites is 1. The molecule has 0 unspecified atom stereocenters. The maximum Gasteiger partial charge on any atom is 0.307 e. The van der Waals surface area contributed by atoms with Gasteiger partial charge in [-0.3, -0.25) is 14.5 Å². The monoisotopic (exact) mass is 436 g/mol. The summed E-state index contributed by atoms with van der Waals surface area (Å²) in [6, 6.07) is 18.4. The van der Waals surface area contributed by atoms with E-state index in [-0.39, 0.29) is 24.8 Å². The van der Waals surface area contributed by atoms with Crippen LogP contribution in [-0.4, -0.2) is 39.3 Å². The molecule has 1 fully saturated rings. The molecule has 5 nitrogen and oxygen atoms in total. The van der Waals surface area contributed by atoms with E-state index in [2.05, 4.69) is 39.8 Å². The van der Waals surface area contributed by atoms with Crippen molar-refractivity contribution in [1.29, 1.82) is 0 Å². The lowest BCUT2D eigenvalue weighted by Gasteiger charge is -2.12. The van der Waals surface area contributed by atoms with E-state index in [1.807, 2.05) is 36.4 Å². The summed E-state index contributed by atoms with van der Waals surface area (Å²) in [4.78, 5) is 26.3. The lowest BCUT2D eigenvalue weighted by molar-refractivity contribution is -0.140. The van der Waals surface area contributed by atoms with Gasteiger partial charge in [0.15, 0.2) is 0 Å². The van der Waals surface area contributed by atoms with Gasteiger partial charge < -0.3 is 9.30 Å². The van der Waals surface area contributed by atoms with Gasteiger partial charge in [-0.1, -0.05) is 72.5 Å². The molecule has 0 spiro atoms. The van der Waals surface area contributed by atoms with Crippen LogP contribution in [0.5, 0.6) is 0 Å². The summed E-state index contributed by atoms with van der Waals surface area (Å²) >= 11 is 6.62. The third-order valence-corrected chi connectivity index (χ3v) is 6.32. The molecular formula is C23H20N2O3S2. The maximum atomic E-state index is 12.8. The van der Waals surface area contributed by atoms with Crippen molar-refractivity contribution in [2.75, 3.05) is 13.7 Å². The van der Waals surface area contributed by atoms with Gasteiger partial charge in [-0.25, -0.2) is 0 Å². The normalized spacial score (nSPS) is 15.4. The number of thioether (sulfide) groups is 1. The largest absolute Gasteiger partial charge is 0.469 e. The predicted molar refractivity (Wildman–Crippen MR) is 124 cm³/mol. The molecule has 1 aliphatic heterocycles. The first kappa shape index (κ1) is 20.4. The Morgan fingerprint density at radius 2 is 1.87 bits per heavy atom. The number of thiocarbonyl (C=S) groups is 1. The molecule has 2 heterocycles. The topological polar surface area (TPSA) is 51.5 Å². The summed E-state index contributed by atoms with van der Waals surface area (Å²) in [5.41, 5.74) is 3.28. The number of ether oxygens (including phenoxy) is 1. The fraction of sp³-hybridized carbons (Fsp3) is 0.174.